The molecule has 0 radical (unpaired) electrons. The van der Waals surface area contributed by atoms with Gasteiger partial charge in [-0.05, 0) is 44.9 Å². The molecule has 1 aliphatic heterocycles. The number of hydrogen-bond donors (Lipinski definition) is 0. The molecule has 5 nitrogen and oxygen atoms in total. The topological polar surface area (TPSA) is 55.3 Å². The largest absolute Gasteiger partial charge is 0.444 e. The highest BCUT2D eigenvalue weighted by Gasteiger charge is 2.30. The lowest BCUT2D eigenvalue weighted by molar-refractivity contribution is 0.0295. The molecule has 1 fully saturated rings. The first-order valence-corrected chi connectivity index (χ1v) is 7.72. The molecule has 2 heterocycles. The van der Waals surface area contributed by atoms with Gasteiger partial charge in [0.15, 0.2) is 0 Å². The van der Waals surface area contributed by atoms with E-state index in [1.807, 2.05) is 26.8 Å². The van der Waals surface area contributed by atoms with Crippen LogP contribution in [-0.2, 0) is 4.74 Å². The van der Waals surface area contributed by atoms with E-state index in [0.29, 0.717) is 18.3 Å². The van der Waals surface area contributed by atoms with Gasteiger partial charge in [0, 0.05) is 24.5 Å². The lowest BCUT2D eigenvalue weighted by Crippen LogP contribution is -2.35. The van der Waals surface area contributed by atoms with E-state index in [9.17, 15) is 4.79 Å². The maximum atomic E-state index is 12.0. The third kappa shape index (κ3) is 4.52. The molecular weight excluding hydrogens is 298 g/mol. The lowest BCUT2D eigenvalue weighted by Gasteiger charge is -2.24. The van der Waals surface area contributed by atoms with Gasteiger partial charge in [-0.3, -0.25) is 0 Å². The van der Waals surface area contributed by atoms with Gasteiger partial charge in [-0.15, -0.1) is 11.8 Å². The van der Waals surface area contributed by atoms with E-state index in [1.165, 1.54) is 0 Å². The second-order valence-corrected chi connectivity index (χ2v) is 7.28. The number of ether oxygens (including phenoxy) is 1. The van der Waals surface area contributed by atoms with E-state index in [1.54, 1.807) is 22.9 Å². The summed E-state index contributed by atoms with van der Waals surface area (Å²) in [7, 11) is 0. The highest BCUT2D eigenvalue weighted by atomic mass is 35.5. The number of carbonyl (C=O) groups excluding carboxylic acids is 1. The molecule has 0 aliphatic carbocycles. The Morgan fingerprint density at radius 1 is 1.55 bits per heavy atom. The van der Waals surface area contributed by atoms with Crippen molar-refractivity contribution in [2.45, 2.75) is 43.1 Å². The molecule has 0 aromatic carbocycles. The van der Waals surface area contributed by atoms with Crippen molar-refractivity contribution in [3.63, 3.8) is 0 Å². The van der Waals surface area contributed by atoms with Gasteiger partial charge >= 0.3 is 6.09 Å². The Morgan fingerprint density at radius 2 is 2.30 bits per heavy atom. The van der Waals surface area contributed by atoms with Crippen molar-refractivity contribution in [2.75, 3.05) is 13.1 Å². The standard InChI is InChI=1S/C13H18ClN3O2S/c1-13(2,3)19-12(18)17-7-5-9(8-17)20-10-4-6-15-11(14)16-10/h4,6,9H,5,7-8H2,1-3H3. The van der Waals surface area contributed by atoms with Crippen molar-refractivity contribution in [1.82, 2.24) is 14.9 Å². The van der Waals surface area contributed by atoms with Crippen molar-refractivity contribution in [2.24, 2.45) is 0 Å². The Bertz CT molecular complexity index is 493. The molecule has 1 atom stereocenters. The number of likely N-dealkylation sites (tertiary alicyclic amines) is 1. The molecule has 7 heteroatoms. The first kappa shape index (κ1) is 15.4. The molecule has 0 N–H and O–H groups in total. The Balaban J connectivity index is 1.88. The monoisotopic (exact) mass is 315 g/mol. The van der Waals surface area contributed by atoms with Crippen LogP contribution in [0.5, 0.6) is 0 Å². The van der Waals surface area contributed by atoms with Crippen LogP contribution in [0.1, 0.15) is 27.2 Å². The molecule has 1 amide bonds. The summed E-state index contributed by atoms with van der Waals surface area (Å²) in [4.78, 5) is 21.7. The Hall–Kier alpha value is -1.01. The van der Waals surface area contributed by atoms with Crippen LogP contribution in [0.15, 0.2) is 17.3 Å². The van der Waals surface area contributed by atoms with Crippen LogP contribution >= 0.6 is 23.4 Å². The first-order valence-electron chi connectivity index (χ1n) is 6.46. The SMILES string of the molecule is CC(C)(C)OC(=O)N1CCC(Sc2ccnc(Cl)n2)C1. The Kier molecular flexibility index (Phi) is 4.75. The molecule has 0 spiro atoms. The van der Waals surface area contributed by atoms with E-state index in [4.69, 9.17) is 16.3 Å². The van der Waals surface area contributed by atoms with E-state index in [2.05, 4.69) is 9.97 Å². The third-order valence-electron chi connectivity index (χ3n) is 2.68. The van der Waals surface area contributed by atoms with Crippen molar-refractivity contribution in [3.05, 3.63) is 17.5 Å². The lowest BCUT2D eigenvalue weighted by atomic mass is 10.2. The second kappa shape index (κ2) is 6.18. The number of nitrogens with zero attached hydrogens (tertiary/aromatic N) is 3. The molecule has 1 unspecified atom stereocenters. The normalized spacial score (nSPS) is 19.2. The van der Waals surface area contributed by atoms with Gasteiger partial charge in [0.05, 0.1) is 0 Å². The number of amides is 1. The van der Waals surface area contributed by atoms with E-state index < -0.39 is 5.60 Å². The number of thioether (sulfide) groups is 1. The Labute approximate surface area is 128 Å². The average Bonchev–Trinajstić information content (AvgIpc) is 2.75. The highest BCUT2D eigenvalue weighted by Crippen LogP contribution is 2.29. The molecule has 0 bridgehead atoms. The van der Waals surface area contributed by atoms with Crippen LogP contribution in [0, 0.1) is 0 Å². The van der Waals surface area contributed by atoms with Gasteiger partial charge in [0.25, 0.3) is 0 Å². The van der Waals surface area contributed by atoms with Gasteiger partial charge in [-0.2, -0.15) is 0 Å². The maximum absolute atomic E-state index is 12.0. The van der Waals surface area contributed by atoms with Gasteiger partial charge in [-0.25, -0.2) is 14.8 Å². The molecule has 20 heavy (non-hydrogen) atoms. The molecule has 1 aliphatic rings. The summed E-state index contributed by atoms with van der Waals surface area (Å²) in [6.45, 7) is 6.99. The molecule has 1 aromatic rings. The smallest absolute Gasteiger partial charge is 0.410 e. The van der Waals surface area contributed by atoms with Crippen LogP contribution in [0.2, 0.25) is 5.28 Å². The highest BCUT2D eigenvalue weighted by molar-refractivity contribution is 7.99. The average molecular weight is 316 g/mol. The van der Waals surface area contributed by atoms with Crippen LogP contribution in [0.25, 0.3) is 0 Å². The predicted molar refractivity (Wildman–Crippen MR) is 79.1 cm³/mol. The van der Waals surface area contributed by atoms with E-state index in [0.717, 1.165) is 11.4 Å². The number of rotatable bonds is 2. The predicted octanol–water partition coefficient (Wildman–Crippen LogP) is 3.23. The second-order valence-electron chi connectivity index (χ2n) is 5.62. The van der Waals surface area contributed by atoms with Gasteiger partial charge in [0.1, 0.15) is 10.6 Å². The Morgan fingerprint density at radius 3 is 2.95 bits per heavy atom. The minimum absolute atomic E-state index is 0.247. The fraction of sp³-hybridized carbons (Fsp3) is 0.615. The first-order chi connectivity index (χ1) is 9.33. The fourth-order valence-electron chi connectivity index (χ4n) is 1.87. The summed E-state index contributed by atoms with van der Waals surface area (Å²) in [5.74, 6) is 0. The van der Waals surface area contributed by atoms with Crippen LogP contribution in [0.4, 0.5) is 4.79 Å². The number of aromatic nitrogens is 2. The summed E-state index contributed by atoms with van der Waals surface area (Å²) < 4.78 is 5.37. The van der Waals surface area contributed by atoms with Crippen LogP contribution in [0.3, 0.4) is 0 Å². The number of hydrogen-bond acceptors (Lipinski definition) is 5. The molecule has 1 aromatic heterocycles. The zero-order chi connectivity index (χ0) is 14.8. The molecule has 110 valence electrons. The summed E-state index contributed by atoms with van der Waals surface area (Å²) in [5.41, 5.74) is -0.456. The summed E-state index contributed by atoms with van der Waals surface area (Å²) >= 11 is 7.38. The summed E-state index contributed by atoms with van der Waals surface area (Å²) in [6.07, 6.45) is 2.31. The molecule has 1 saturated heterocycles. The van der Waals surface area contributed by atoms with Crippen molar-refractivity contribution in [1.29, 1.82) is 0 Å². The van der Waals surface area contributed by atoms with E-state index in [-0.39, 0.29) is 11.4 Å². The van der Waals surface area contributed by atoms with Crippen molar-refractivity contribution < 1.29 is 9.53 Å². The van der Waals surface area contributed by atoms with E-state index >= 15 is 0 Å². The maximum Gasteiger partial charge on any atom is 0.410 e. The van der Waals surface area contributed by atoms with Gasteiger partial charge in [-0.1, -0.05) is 0 Å². The summed E-state index contributed by atoms with van der Waals surface area (Å²) in [5, 5.41) is 1.39. The minimum atomic E-state index is -0.456. The number of halogens is 1. The van der Waals surface area contributed by atoms with Gasteiger partial charge < -0.3 is 9.64 Å². The fourth-order valence-corrected chi connectivity index (χ4v) is 3.17. The summed E-state index contributed by atoms with van der Waals surface area (Å²) in [6, 6.07) is 1.83. The molecular formula is C13H18ClN3O2S. The number of carbonyl (C=O) groups is 1. The third-order valence-corrected chi connectivity index (χ3v) is 4.05. The minimum Gasteiger partial charge on any atom is -0.444 e. The van der Waals surface area contributed by atoms with Crippen molar-refractivity contribution >= 4 is 29.5 Å². The zero-order valence-electron chi connectivity index (χ0n) is 11.8. The molecule has 2 rings (SSSR count). The van der Waals surface area contributed by atoms with Crippen LogP contribution < -0.4 is 0 Å². The van der Waals surface area contributed by atoms with Crippen LogP contribution in [-0.4, -0.2) is 44.9 Å². The quantitative estimate of drug-likeness (QED) is 0.619. The zero-order valence-corrected chi connectivity index (χ0v) is 13.4. The van der Waals surface area contributed by atoms with Gasteiger partial charge in [0.2, 0.25) is 5.28 Å². The van der Waals surface area contributed by atoms with Crippen molar-refractivity contribution in [3.8, 4) is 0 Å². The molecule has 0 saturated carbocycles.